The van der Waals surface area contributed by atoms with Gasteiger partial charge in [-0.05, 0) is 19.3 Å². The molecule has 1 atom stereocenters. The van der Waals surface area contributed by atoms with Crippen LogP contribution in [0.25, 0.3) is 0 Å². The van der Waals surface area contributed by atoms with E-state index in [1.165, 1.54) is 135 Å². The second kappa shape index (κ2) is 31.8. The number of hydrogen-bond acceptors (Lipinski definition) is 4. The fourth-order valence-corrected chi connectivity index (χ4v) is 5.21. The van der Waals surface area contributed by atoms with Crippen LogP contribution in [-0.4, -0.2) is 19.6 Å². The Morgan fingerprint density at radius 3 is 1.32 bits per heavy atom. The van der Waals surface area contributed by atoms with E-state index in [4.69, 9.17) is 0 Å². The first kappa shape index (κ1) is 40.4. The van der Waals surface area contributed by atoms with Gasteiger partial charge in [-0.25, -0.2) is 8.42 Å². The second-order valence-electron chi connectivity index (χ2n) is 10.9. The first-order valence-electron chi connectivity index (χ1n) is 15.8. The van der Waals surface area contributed by atoms with Crippen molar-refractivity contribution in [1.82, 2.24) is 0 Å². The van der Waals surface area contributed by atoms with Crippen LogP contribution in [0.5, 0.6) is 0 Å². The van der Waals surface area contributed by atoms with Crippen LogP contribution in [0.4, 0.5) is 0 Å². The third-order valence-electron chi connectivity index (χ3n) is 7.24. The third kappa shape index (κ3) is 35.2. The van der Waals surface area contributed by atoms with Gasteiger partial charge in [0.15, 0.2) is 0 Å². The Morgan fingerprint density at radius 2 is 0.946 bits per heavy atom. The standard InChI is InChI=1S/C31H62O4S.K/c1-3-5-7-9-10-11-12-13-14-15-16-17-18-19-20-21-22-23-25-27-29-31(30-35-36(32,33)34)28-26-24-8-6-4-2;/h27,29,31H,3-26,28,30H2,1-2H3,(H,32,33,34);/q;+1/p-1/b29-27+;. The maximum Gasteiger partial charge on any atom is 1.00 e. The molecule has 6 heteroatoms. The number of unbranched alkanes of at least 4 members (excludes halogenated alkanes) is 22. The first-order chi connectivity index (χ1) is 17.5. The summed E-state index contributed by atoms with van der Waals surface area (Å²) < 4.78 is 36.9. The fraction of sp³-hybridized carbons (Fsp3) is 0.935. The fourth-order valence-electron chi connectivity index (χ4n) is 4.87. The van der Waals surface area contributed by atoms with Gasteiger partial charge in [0.2, 0.25) is 10.4 Å². The van der Waals surface area contributed by atoms with Gasteiger partial charge in [0.1, 0.15) is 0 Å². The Morgan fingerprint density at radius 1 is 0.595 bits per heavy atom. The summed E-state index contributed by atoms with van der Waals surface area (Å²) in [6.07, 6.45) is 36.9. The molecule has 37 heavy (non-hydrogen) atoms. The number of allylic oxidation sites excluding steroid dienone is 1. The van der Waals surface area contributed by atoms with Gasteiger partial charge in [0.05, 0.1) is 6.61 Å². The SMILES string of the molecule is CCCCCCCCCCCCCCCCCCCC/C=C/C(CCCCCCC)COS(=O)(=O)[O-].[K+]. The maximum atomic E-state index is 10.8. The van der Waals surface area contributed by atoms with Crippen LogP contribution in [0, 0.1) is 5.92 Å². The van der Waals surface area contributed by atoms with Crippen LogP contribution < -0.4 is 51.4 Å². The topological polar surface area (TPSA) is 66.4 Å². The molecule has 0 aliphatic rings. The zero-order chi connectivity index (χ0) is 26.6. The normalized spacial score (nSPS) is 12.7. The Balaban J connectivity index is 0. The molecule has 0 heterocycles. The Hall–Kier alpha value is 1.25. The molecule has 1 unspecified atom stereocenters. The quantitative estimate of drug-likeness (QED) is 0.0309. The summed E-state index contributed by atoms with van der Waals surface area (Å²) in [5.74, 6) is 0.0194. The van der Waals surface area contributed by atoms with E-state index >= 15 is 0 Å². The van der Waals surface area contributed by atoms with Gasteiger partial charge in [-0.15, -0.1) is 0 Å². The summed E-state index contributed by atoms with van der Waals surface area (Å²) in [5, 5.41) is 0. The average Bonchev–Trinajstić information content (AvgIpc) is 2.84. The van der Waals surface area contributed by atoms with Gasteiger partial charge in [0.25, 0.3) is 0 Å². The van der Waals surface area contributed by atoms with Crippen molar-refractivity contribution in [3.05, 3.63) is 12.2 Å². The molecule has 0 amide bonds. The summed E-state index contributed by atoms with van der Waals surface area (Å²) in [4.78, 5) is 0. The molecule has 4 nitrogen and oxygen atoms in total. The molecule has 0 saturated carbocycles. The van der Waals surface area contributed by atoms with Gasteiger partial charge in [-0.1, -0.05) is 167 Å². The van der Waals surface area contributed by atoms with E-state index in [2.05, 4.69) is 30.2 Å². The maximum absolute atomic E-state index is 10.8. The van der Waals surface area contributed by atoms with Crippen molar-refractivity contribution in [2.45, 2.75) is 174 Å². The van der Waals surface area contributed by atoms with Crippen molar-refractivity contribution >= 4 is 10.4 Å². The molecule has 0 saturated heterocycles. The van der Waals surface area contributed by atoms with E-state index < -0.39 is 10.4 Å². The molecule has 0 radical (unpaired) electrons. The van der Waals surface area contributed by atoms with Gasteiger partial charge in [-0.2, -0.15) is 0 Å². The molecule has 0 aromatic rings. The van der Waals surface area contributed by atoms with Crippen LogP contribution in [0.3, 0.4) is 0 Å². The van der Waals surface area contributed by atoms with Crippen LogP contribution in [0.1, 0.15) is 174 Å². The predicted molar refractivity (Wildman–Crippen MR) is 155 cm³/mol. The zero-order valence-corrected chi connectivity index (χ0v) is 29.1. The molecular weight excluding hydrogens is 508 g/mol. The predicted octanol–water partition coefficient (Wildman–Crippen LogP) is 7.43. The van der Waals surface area contributed by atoms with Crippen molar-refractivity contribution in [1.29, 1.82) is 0 Å². The Bertz CT molecular complexity index is 566. The van der Waals surface area contributed by atoms with Crippen LogP contribution in [-0.2, 0) is 14.6 Å². The first-order valence-corrected chi connectivity index (χ1v) is 17.1. The summed E-state index contributed by atoms with van der Waals surface area (Å²) in [7, 11) is -4.61. The molecule has 0 bridgehead atoms. The van der Waals surface area contributed by atoms with Gasteiger partial charge in [0, 0.05) is 5.92 Å². The van der Waals surface area contributed by atoms with Crippen molar-refractivity contribution in [2.24, 2.45) is 5.92 Å². The van der Waals surface area contributed by atoms with Gasteiger partial charge in [-0.3, -0.25) is 4.18 Å². The number of hydrogen-bond donors (Lipinski definition) is 0. The van der Waals surface area contributed by atoms with Gasteiger partial charge >= 0.3 is 51.4 Å². The van der Waals surface area contributed by atoms with Crippen LogP contribution in [0.15, 0.2) is 12.2 Å². The summed E-state index contributed by atoms with van der Waals surface area (Å²) in [6, 6.07) is 0. The summed E-state index contributed by atoms with van der Waals surface area (Å²) in [5.41, 5.74) is 0. The second-order valence-corrected chi connectivity index (χ2v) is 11.9. The molecule has 0 spiro atoms. The molecule has 0 rings (SSSR count). The minimum Gasteiger partial charge on any atom is -0.726 e. The Labute approximate surface area is 275 Å². The van der Waals surface area contributed by atoms with Crippen molar-refractivity contribution in [3.8, 4) is 0 Å². The third-order valence-corrected chi connectivity index (χ3v) is 7.66. The van der Waals surface area contributed by atoms with E-state index in [9.17, 15) is 13.0 Å². The van der Waals surface area contributed by atoms with Crippen LogP contribution >= 0.6 is 0 Å². The zero-order valence-electron chi connectivity index (χ0n) is 25.2. The summed E-state index contributed by atoms with van der Waals surface area (Å²) in [6.45, 7) is 4.46. The van der Waals surface area contributed by atoms with Crippen molar-refractivity contribution < 1.29 is 68.5 Å². The van der Waals surface area contributed by atoms with E-state index in [1.807, 2.05) is 0 Å². The Kier molecular flexibility index (Phi) is 34.7. The number of rotatable bonds is 29. The van der Waals surface area contributed by atoms with Crippen LogP contribution in [0.2, 0.25) is 0 Å². The van der Waals surface area contributed by atoms with E-state index in [-0.39, 0.29) is 63.9 Å². The molecule has 0 aliphatic heterocycles. The average molecular weight is 569 g/mol. The molecule has 0 aliphatic carbocycles. The van der Waals surface area contributed by atoms with E-state index in [0.717, 1.165) is 25.7 Å². The van der Waals surface area contributed by atoms with Crippen molar-refractivity contribution in [2.75, 3.05) is 6.61 Å². The molecule has 216 valence electrons. The molecule has 0 aromatic carbocycles. The molecule has 0 fully saturated rings. The molecular formula is C31H61KO4S. The largest absolute Gasteiger partial charge is 1.00 e. The minimum atomic E-state index is -4.61. The molecule has 0 aromatic heterocycles. The smallest absolute Gasteiger partial charge is 0.726 e. The summed E-state index contributed by atoms with van der Waals surface area (Å²) >= 11 is 0. The monoisotopic (exact) mass is 568 g/mol. The van der Waals surface area contributed by atoms with E-state index in [1.54, 1.807) is 0 Å². The van der Waals surface area contributed by atoms with Gasteiger partial charge < -0.3 is 4.55 Å². The van der Waals surface area contributed by atoms with E-state index in [0.29, 0.717) is 0 Å². The molecule has 0 N–H and O–H groups in total. The van der Waals surface area contributed by atoms with Crippen molar-refractivity contribution in [3.63, 3.8) is 0 Å². The minimum absolute atomic E-state index is 0.